The monoisotopic (exact) mass is 467 g/mol. The van der Waals surface area contributed by atoms with E-state index >= 15 is 0 Å². The Kier molecular flexibility index (Phi) is 6.95. The molecule has 1 aromatic carbocycles. The smallest absolute Gasteiger partial charge is 0.325 e. The Balaban J connectivity index is 1.66. The third-order valence-electron chi connectivity index (χ3n) is 6.13. The Hall–Kier alpha value is -3.69. The van der Waals surface area contributed by atoms with Gasteiger partial charge in [0.1, 0.15) is 23.5 Å². The summed E-state index contributed by atoms with van der Waals surface area (Å²) < 4.78 is 12.0. The minimum Gasteiger partial charge on any atom is -0.496 e. The second-order valence-corrected chi connectivity index (χ2v) is 8.36. The lowest BCUT2D eigenvalue weighted by Gasteiger charge is -2.19. The number of carbonyl (C=O) groups is 2. The van der Waals surface area contributed by atoms with Gasteiger partial charge in [-0.25, -0.2) is 9.67 Å². The molecule has 0 bridgehead atoms. The van der Waals surface area contributed by atoms with Crippen LogP contribution in [0.25, 0.3) is 22.4 Å². The van der Waals surface area contributed by atoms with Gasteiger partial charge in [-0.1, -0.05) is 19.3 Å². The van der Waals surface area contributed by atoms with Crippen molar-refractivity contribution in [3.8, 4) is 17.1 Å². The first kappa shape index (κ1) is 23.5. The molecule has 2 aromatic heterocycles. The van der Waals surface area contributed by atoms with Gasteiger partial charge in [0.25, 0.3) is 11.5 Å². The number of nitrogens with one attached hydrogen (secondary N) is 2. The van der Waals surface area contributed by atoms with E-state index in [4.69, 9.17) is 9.47 Å². The Morgan fingerprint density at radius 3 is 2.71 bits per heavy atom. The van der Waals surface area contributed by atoms with Gasteiger partial charge in [0.05, 0.1) is 25.0 Å². The summed E-state index contributed by atoms with van der Waals surface area (Å²) in [6.07, 6.45) is 5.56. The van der Waals surface area contributed by atoms with Crippen molar-refractivity contribution in [3.05, 3.63) is 39.8 Å². The predicted octanol–water partition coefficient (Wildman–Crippen LogP) is 2.67. The molecule has 0 atom stereocenters. The number of nitrogens with zero attached hydrogens (tertiary/aromatic N) is 3. The van der Waals surface area contributed by atoms with E-state index in [1.807, 2.05) is 0 Å². The van der Waals surface area contributed by atoms with Crippen LogP contribution in [0.2, 0.25) is 0 Å². The van der Waals surface area contributed by atoms with Crippen molar-refractivity contribution in [2.24, 2.45) is 7.05 Å². The van der Waals surface area contributed by atoms with Gasteiger partial charge in [-0.3, -0.25) is 14.4 Å². The lowest BCUT2D eigenvalue weighted by Crippen LogP contribution is -2.30. The van der Waals surface area contributed by atoms with Gasteiger partial charge in [0, 0.05) is 18.5 Å². The van der Waals surface area contributed by atoms with Crippen molar-refractivity contribution >= 4 is 22.9 Å². The summed E-state index contributed by atoms with van der Waals surface area (Å²) in [5, 5.41) is 7.70. The van der Waals surface area contributed by atoms with E-state index < -0.39 is 11.9 Å². The number of aryl methyl sites for hydroxylation is 1. The van der Waals surface area contributed by atoms with Crippen LogP contribution >= 0.6 is 0 Å². The van der Waals surface area contributed by atoms with Gasteiger partial charge in [0.2, 0.25) is 0 Å². The van der Waals surface area contributed by atoms with Crippen LogP contribution in [-0.2, 0) is 16.6 Å². The van der Waals surface area contributed by atoms with Gasteiger partial charge in [-0.15, -0.1) is 0 Å². The topological polar surface area (TPSA) is 128 Å². The molecule has 180 valence electrons. The van der Waals surface area contributed by atoms with Gasteiger partial charge in [0.15, 0.2) is 5.65 Å². The van der Waals surface area contributed by atoms with Crippen molar-refractivity contribution in [1.29, 1.82) is 0 Å². The van der Waals surface area contributed by atoms with E-state index in [1.165, 1.54) is 19.6 Å². The van der Waals surface area contributed by atoms with E-state index in [0.717, 1.165) is 31.4 Å². The fraction of sp³-hybridized carbons (Fsp3) is 0.458. The third kappa shape index (κ3) is 4.66. The third-order valence-corrected chi connectivity index (χ3v) is 6.13. The molecular formula is C24H29N5O5. The molecule has 0 aliphatic heterocycles. The first-order valence-electron chi connectivity index (χ1n) is 11.5. The van der Waals surface area contributed by atoms with Crippen LogP contribution in [0.1, 0.15) is 61.0 Å². The highest BCUT2D eigenvalue weighted by atomic mass is 16.5. The van der Waals surface area contributed by atoms with Gasteiger partial charge >= 0.3 is 5.97 Å². The second-order valence-electron chi connectivity index (χ2n) is 8.36. The van der Waals surface area contributed by atoms with E-state index in [0.29, 0.717) is 33.7 Å². The molecule has 2 N–H and O–H groups in total. The number of H-pyrrole nitrogens is 1. The molecule has 0 spiro atoms. The molecule has 0 unspecified atom stereocenters. The second kappa shape index (κ2) is 10.1. The van der Waals surface area contributed by atoms with Crippen molar-refractivity contribution in [2.75, 3.05) is 20.3 Å². The normalized spacial score (nSPS) is 14.2. The lowest BCUT2D eigenvalue weighted by atomic mass is 9.86. The molecule has 4 rings (SSSR count). The highest BCUT2D eigenvalue weighted by Crippen LogP contribution is 2.35. The number of aromatic nitrogens is 4. The number of fused-ring (bicyclic) bond motifs is 1. The van der Waals surface area contributed by atoms with E-state index in [-0.39, 0.29) is 24.6 Å². The summed E-state index contributed by atoms with van der Waals surface area (Å²) in [6, 6.07) is 4.77. The van der Waals surface area contributed by atoms with Crippen LogP contribution in [-0.4, -0.2) is 51.9 Å². The standard InChI is InChI=1S/C24H29N5O5/c1-4-34-18(30)13-25-23(31)15-10-11-16(17(12-15)33-3)21-26-22-19(24(32)27-21)20(28-29(22)2)14-8-6-5-7-9-14/h10-12,14H,4-9,13H2,1-3H3,(H,25,31)(H,26,27,32). The highest BCUT2D eigenvalue weighted by Gasteiger charge is 2.25. The summed E-state index contributed by atoms with van der Waals surface area (Å²) in [4.78, 5) is 44.6. The maximum Gasteiger partial charge on any atom is 0.325 e. The van der Waals surface area contributed by atoms with Crippen LogP contribution in [0.5, 0.6) is 5.75 Å². The molecule has 10 nitrogen and oxygen atoms in total. The van der Waals surface area contributed by atoms with E-state index in [2.05, 4.69) is 20.4 Å². The van der Waals surface area contributed by atoms with Gasteiger partial charge < -0.3 is 19.8 Å². The van der Waals surface area contributed by atoms with Crippen LogP contribution in [0.3, 0.4) is 0 Å². The quantitative estimate of drug-likeness (QED) is 0.511. The molecule has 1 aliphatic rings. The first-order valence-corrected chi connectivity index (χ1v) is 11.5. The number of hydrogen-bond donors (Lipinski definition) is 2. The minimum absolute atomic E-state index is 0.230. The zero-order chi connectivity index (χ0) is 24.2. The zero-order valence-electron chi connectivity index (χ0n) is 19.6. The first-order chi connectivity index (χ1) is 16.4. The number of aromatic amines is 1. The Bertz CT molecular complexity index is 1270. The zero-order valence-corrected chi connectivity index (χ0v) is 19.6. The fourth-order valence-corrected chi connectivity index (χ4v) is 4.47. The van der Waals surface area contributed by atoms with Crippen molar-refractivity contribution in [1.82, 2.24) is 25.1 Å². The summed E-state index contributed by atoms with van der Waals surface area (Å²) in [5.74, 6) is -0.00280. The Morgan fingerprint density at radius 2 is 2.00 bits per heavy atom. The number of rotatable bonds is 7. The van der Waals surface area contributed by atoms with Crippen molar-refractivity contribution in [2.45, 2.75) is 44.9 Å². The Morgan fingerprint density at radius 1 is 1.24 bits per heavy atom. The predicted molar refractivity (Wildman–Crippen MR) is 126 cm³/mol. The average Bonchev–Trinajstić information content (AvgIpc) is 3.19. The summed E-state index contributed by atoms with van der Waals surface area (Å²) in [7, 11) is 3.26. The number of esters is 1. The molecule has 10 heteroatoms. The van der Waals surface area contributed by atoms with Gasteiger partial charge in [-0.05, 0) is 38.0 Å². The highest BCUT2D eigenvalue weighted by molar-refractivity contribution is 5.97. The van der Waals surface area contributed by atoms with Crippen LogP contribution in [0.15, 0.2) is 23.0 Å². The van der Waals surface area contributed by atoms with Crippen LogP contribution in [0, 0.1) is 0 Å². The lowest BCUT2D eigenvalue weighted by molar-refractivity contribution is -0.141. The number of carbonyl (C=O) groups excluding carboxylic acids is 2. The minimum atomic E-state index is -0.515. The Labute approximate surface area is 196 Å². The van der Waals surface area contributed by atoms with Crippen molar-refractivity contribution in [3.63, 3.8) is 0 Å². The van der Waals surface area contributed by atoms with Crippen LogP contribution in [0.4, 0.5) is 0 Å². The largest absolute Gasteiger partial charge is 0.496 e. The van der Waals surface area contributed by atoms with Crippen LogP contribution < -0.4 is 15.6 Å². The summed E-state index contributed by atoms with van der Waals surface area (Å²) in [5.41, 5.74) is 1.92. The fourth-order valence-electron chi connectivity index (χ4n) is 4.47. The maximum absolute atomic E-state index is 13.1. The van der Waals surface area contributed by atoms with E-state index in [9.17, 15) is 14.4 Å². The number of hydrogen-bond acceptors (Lipinski definition) is 7. The van der Waals surface area contributed by atoms with Crippen molar-refractivity contribution < 1.29 is 19.1 Å². The molecule has 0 saturated heterocycles. The summed E-state index contributed by atoms with van der Waals surface area (Å²) >= 11 is 0. The molecule has 2 heterocycles. The van der Waals surface area contributed by atoms with E-state index in [1.54, 1.807) is 30.8 Å². The molecule has 1 saturated carbocycles. The number of methoxy groups -OCH3 is 1. The molecule has 1 fully saturated rings. The molecule has 3 aromatic rings. The SMILES string of the molecule is CCOC(=O)CNC(=O)c1ccc(-c2nc3c(c(C4CCCCC4)nn3C)c(=O)[nH]2)c(OC)c1. The maximum atomic E-state index is 13.1. The molecule has 0 radical (unpaired) electrons. The molecule has 34 heavy (non-hydrogen) atoms. The summed E-state index contributed by atoms with van der Waals surface area (Å²) in [6.45, 7) is 1.71. The number of benzene rings is 1. The average molecular weight is 468 g/mol. The number of amides is 1. The molecule has 1 amide bonds. The van der Waals surface area contributed by atoms with Gasteiger partial charge in [-0.2, -0.15) is 5.10 Å². The number of ether oxygens (including phenoxy) is 2. The molecular weight excluding hydrogens is 438 g/mol. The molecule has 1 aliphatic carbocycles.